The Bertz CT molecular complexity index is 1240. The van der Waals surface area contributed by atoms with Crippen molar-refractivity contribution in [3.05, 3.63) is 54.2 Å². The predicted molar refractivity (Wildman–Crippen MR) is 116 cm³/mol. The number of ether oxygens (including phenoxy) is 2. The first-order valence-electron chi connectivity index (χ1n) is 9.89. The molecule has 0 fully saturated rings. The number of aromatic nitrogens is 3. The van der Waals surface area contributed by atoms with E-state index in [1.807, 2.05) is 55.6 Å². The molecule has 2 aromatic carbocycles. The highest BCUT2D eigenvalue weighted by molar-refractivity contribution is 7.99. The lowest BCUT2D eigenvalue weighted by Gasteiger charge is -2.21. The number of nitrogens with zero attached hydrogens (tertiary/aromatic N) is 2. The van der Waals surface area contributed by atoms with Crippen molar-refractivity contribution in [2.24, 2.45) is 0 Å². The lowest BCUT2D eigenvalue weighted by molar-refractivity contribution is -0.119. The Balaban J connectivity index is 1.19. The third kappa shape index (κ3) is 4.09. The third-order valence-corrected chi connectivity index (χ3v) is 5.82. The standard InChI is InChI=1S/C22H20N4O4S/c1-13(14-6-7-18-19(10-14)29-9-8-28-18)24-20(27)12-31-22-26-25-21(30-22)16-11-23-17-5-3-2-4-15(16)17/h2-7,10-11,13,23H,8-9,12H2,1H3,(H,24,27)/t13-/m0/s1. The summed E-state index contributed by atoms with van der Waals surface area (Å²) in [6.45, 7) is 3.00. The molecule has 1 aliphatic heterocycles. The minimum absolute atomic E-state index is 0.126. The van der Waals surface area contributed by atoms with Gasteiger partial charge in [-0.1, -0.05) is 36.0 Å². The molecule has 0 saturated heterocycles. The fourth-order valence-corrected chi connectivity index (χ4v) is 4.02. The smallest absolute Gasteiger partial charge is 0.277 e. The van der Waals surface area contributed by atoms with Gasteiger partial charge in [0.2, 0.25) is 5.91 Å². The van der Waals surface area contributed by atoms with Crippen LogP contribution in [-0.2, 0) is 4.79 Å². The number of hydrogen-bond acceptors (Lipinski definition) is 7. The average Bonchev–Trinajstić information content (AvgIpc) is 3.44. The van der Waals surface area contributed by atoms with Gasteiger partial charge in [-0.2, -0.15) is 0 Å². The summed E-state index contributed by atoms with van der Waals surface area (Å²) in [6.07, 6.45) is 1.84. The number of aromatic amines is 1. The first kappa shape index (κ1) is 19.5. The zero-order chi connectivity index (χ0) is 21.2. The minimum Gasteiger partial charge on any atom is -0.486 e. The molecule has 31 heavy (non-hydrogen) atoms. The van der Waals surface area contributed by atoms with E-state index in [-0.39, 0.29) is 17.7 Å². The highest BCUT2D eigenvalue weighted by Gasteiger charge is 2.17. The lowest BCUT2D eigenvalue weighted by Crippen LogP contribution is -2.28. The van der Waals surface area contributed by atoms with Crippen LogP contribution in [0.3, 0.4) is 0 Å². The minimum atomic E-state index is -0.173. The van der Waals surface area contributed by atoms with Crippen molar-refractivity contribution in [1.82, 2.24) is 20.5 Å². The number of carbonyl (C=O) groups is 1. The summed E-state index contributed by atoms with van der Waals surface area (Å²) in [5, 5.41) is 12.5. The lowest BCUT2D eigenvalue weighted by atomic mass is 10.1. The van der Waals surface area contributed by atoms with Crippen LogP contribution in [0.4, 0.5) is 0 Å². The Kier molecular flexibility index (Phi) is 5.25. The molecule has 0 aliphatic carbocycles. The predicted octanol–water partition coefficient (Wildman–Crippen LogP) is 3.96. The third-order valence-electron chi connectivity index (χ3n) is 5.00. The van der Waals surface area contributed by atoms with Crippen molar-refractivity contribution in [2.45, 2.75) is 18.2 Å². The van der Waals surface area contributed by atoms with Gasteiger partial charge in [-0.25, -0.2) is 0 Å². The molecule has 0 bridgehead atoms. The van der Waals surface area contributed by atoms with E-state index in [9.17, 15) is 4.79 Å². The van der Waals surface area contributed by atoms with E-state index in [4.69, 9.17) is 13.9 Å². The summed E-state index contributed by atoms with van der Waals surface area (Å²) in [6, 6.07) is 13.4. The molecule has 0 radical (unpaired) electrons. The van der Waals surface area contributed by atoms with Crippen LogP contribution >= 0.6 is 11.8 Å². The molecule has 2 aromatic heterocycles. The fourth-order valence-electron chi connectivity index (χ4n) is 3.45. The first-order valence-corrected chi connectivity index (χ1v) is 10.9. The molecule has 3 heterocycles. The van der Waals surface area contributed by atoms with E-state index in [0.29, 0.717) is 30.1 Å². The summed E-state index contributed by atoms with van der Waals surface area (Å²) in [7, 11) is 0. The molecule has 4 aromatic rings. The van der Waals surface area contributed by atoms with E-state index < -0.39 is 0 Å². The summed E-state index contributed by atoms with van der Waals surface area (Å²) in [5.74, 6) is 1.90. The molecule has 0 unspecified atom stereocenters. The van der Waals surface area contributed by atoms with Crippen LogP contribution < -0.4 is 14.8 Å². The SMILES string of the molecule is C[C@H](NC(=O)CSc1nnc(-c2c[nH]c3ccccc23)o1)c1ccc2c(c1)OCCO2. The van der Waals surface area contributed by atoms with Crippen LogP contribution in [0.1, 0.15) is 18.5 Å². The van der Waals surface area contributed by atoms with Crippen molar-refractivity contribution >= 4 is 28.6 Å². The number of amides is 1. The maximum absolute atomic E-state index is 12.4. The van der Waals surface area contributed by atoms with E-state index in [2.05, 4.69) is 20.5 Å². The summed E-state index contributed by atoms with van der Waals surface area (Å²) < 4.78 is 16.9. The van der Waals surface area contributed by atoms with Crippen LogP contribution in [0.2, 0.25) is 0 Å². The maximum Gasteiger partial charge on any atom is 0.277 e. The highest BCUT2D eigenvalue weighted by Crippen LogP contribution is 2.33. The molecule has 1 atom stereocenters. The first-order chi connectivity index (χ1) is 15.2. The Morgan fingerprint density at radius 2 is 2.00 bits per heavy atom. The van der Waals surface area contributed by atoms with E-state index in [0.717, 1.165) is 27.8 Å². The molecule has 0 spiro atoms. The fraction of sp³-hybridized carbons (Fsp3) is 0.227. The molecular formula is C22H20N4O4S. The van der Waals surface area contributed by atoms with Gasteiger partial charge in [0, 0.05) is 17.1 Å². The topological polar surface area (TPSA) is 102 Å². The number of fused-ring (bicyclic) bond motifs is 2. The van der Waals surface area contributed by atoms with Crippen LogP contribution in [0.15, 0.2) is 58.3 Å². The zero-order valence-electron chi connectivity index (χ0n) is 16.8. The Morgan fingerprint density at radius 1 is 1.16 bits per heavy atom. The van der Waals surface area contributed by atoms with Crippen molar-refractivity contribution < 1.29 is 18.7 Å². The number of rotatable bonds is 6. The number of hydrogen-bond donors (Lipinski definition) is 2. The van der Waals surface area contributed by atoms with Gasteiger partial charge in [0.1, 0.15) is 13.2 Å². The van der Waals surface area contributed by atoms with Gasteiger partial charge in [-0.3, -0.25) is 4.79 Å². The van der Waals surface area contributed by atoms with Gasteiger partial charge in [0.05, 0.1) is 17.4 Å². The van der Waals surface area contributed by atoms with Gasteiger partial charge in [0.15, 0.2) is 11.5 Å². The maximum atomic E-state index is 12.4. The second kappa shape index (κ2) is 8.35. The summed E-state index contributed by atoms with van der Waals surface area (Å²) in [4.78, 5) is 15.6. The van der Waals surface area contributed by atoms with Crippen molar-refractivity contribution in [1.29, 1.82) is 0 Å². The normalized spacial score (nSPS) is 13.8. The molecule has 2 N–H and O–H groups in total. The average molecular weight is 436 g/mol. The molecule has 1 aliphatic rings. The number of nitrogens with one attached hydrogen (secondary N) is 2. The number of para-hydroxylation sites is 1. The number of benzene rings is 2. The highest BCUT2D eigenvalue weighted by atomic mass is 32.2. The number of thioether (sulfide) groups is 1. The van der Waals surface area contributed by atoms with Crippen LogP contribution in [-0.4, -0.2) is 40.1 Å². The molecule has 5 rings (SSSR count). The number of H-pyrrole nitrogens is 1. The van der Waals surface area contributed by atoms with Gasteiger partial charge < -0.3 is 24.2 Å². The Labute approximate surface area is 182 Å². The van der Waals surface area contributed by atoms with Crippen LogP contribution in [0.25, 0.3) is 22.4 Å². The van der Waals surface area contributed by atoms with Gasteiger partial charge in [-0.15, -0.1) is 10.2 Å². The van der Waals surface area contributed by atoms with Crippen molar-refractivity contribution in [3.63, 3.8) is 0 Å². The molecule has 158 valence electrons. The van der Waals surface area contributed by atoms with E-state index >= 15 is 0 Å². The molecular weight excluding hydrogens is 416 g/mol. The van der Waals surface area contributed by atoms with Gasteiger partial charge in [0.25, 0.3) is 11.1 Å². The second-order valence-corrected chi connectivity index (χ2v) is 8.03. The largest absolute Gasteiger partial charge is 0.486 e. The molecule has 0 saturated carbocycles. The van der Waals surface area contributed by atoms with Crippen LogP contribution in [0.5, 0.6) is 11.5 Å². The van der Waals surface area contributed by atoms with E-state index in [1.165, 1.54) is 11.8 Å². The molecule has 8 nitrogen and oxygen atoms in total. The molecule has 9 heteroatoms. The quantitative estimate of drug-likeness (QED) is 0.441. The van der Waals surface area contributed by atoms with Gasteiger partial charge in [-0.05, 0) is 30.7 Å². The van der Waals surface area contributed by atoms with Crippen molar-refractivity contribution in [3.8, 4) is 23.0 Å². The Morgan fingerprint density at radius 3 is 2.90 bits per heavy atom. The monoisotopic (exact) mass is 436 g/mol. The molecule has 1 amide bonds. The Hall–Kier alpha value is -3.46. The van der Waals surface area contributed by atoms with Gasteiger partial charge >= 0.3 is 0 Å². The van der Waals surface area contributed by atoms with E-state index in [1.54, 1.807) is 0 Å². The summed E-state index contributed by atoms with van der Waals surface area (Å²) in [5.41, 5.74) is 2.78. The zero-order valence-corrected chi connectivity index (χ0v) is 17.6. The number of carbonyl (C=O) groups excluding carboxylic acids is 1. The summed E-state index contributed by atoms with van der Waals surface area (Å²) >= 11 is 1.20. The van der Waals surface area contributed by atoms with Crippen LogP contribution in [0, 0.1) is 0 Å². The second-order valence-electron chi connectivity index (χ2n) is 7.10. The van der Waals surface area contributed by atoms with Crippen molar-refractivity contribution in [2.75, 3.05) is 19.0 Å².